The van der Waals surface area contributed by atoms with Gasteiger partial charge >= 0.3 is 0 Å². The predicted molar refractivity (Wildman–Crippen MR) is 106 cm³/mol. The van der Waals surface area contributed by atoms with Crippen molar-refractivity contribution < 1.29 is 21.6 Å². The van der Waals surface area contributed by atoms with Crippen LogP contribution in [-0.2, 0) is 21.4 Å². The van der Waals surface area contributed by atoms with Gasteiger partial charge in [0.1, 0.15) is 11.5 Å². The number of alkyl halides is 3. The molecule has 2 N–H and O–H groups in total. The highest BCUT2D eigenvalue weighted by Gasteiger charge is 2.35. The topological polar surface area (TPSA) is 78.0 Å². The molecule has 1 unspecified atom stereocenters. The largest absolute Gasteiger partial charge is 0.303 e. The smallest absolute Gasteiger partial charge is 0.288 e. The van der Waals surface area contributed by atoms with Crippen molar-refractivity contribution in [2.75, 3.05) is 7.18 Å². The minimum absolute atomic E-state index is 0.0449. The van der Waals surface area contributed by atoms with Gasteiger partial charge in [-0.3, -0.25) is 4.39 Å². The zero-order valence-electron chi connectivity index (χ0n) is 16.7. The first kappa shape index (κ1) is 22.9. The lowest BCUT2D eigenvalue weighted by Gasteiger charge is -2.28. The highest BCUT2D eigenvalue weighted by Crippen LogP contribution is 2.37. The molecule has 0 saturated heterocycles. The van der Waals surface area contributed by atoms with Crippen molar-refractivity contribution in [2.45, 2.75) is 43.4 Å². The predicted octanol–water partition coefficient (Wildman–Crippen LogP) is 4.38. The van der Waals surface area contributed by atoms with Crippen LogP contribution in [0.5, 0.6) is 0 Å². The molecule has 0 saturated carbocycles. The van der Waals surface area contributed by atoms with Crippen LogP contribution in [0.3, 0.4) is 0 Å². The maximum absolute atomic E-state index is 14.0. The van der Waals surface area contributed by atoms with E-state index in [4.69, 9.17) is 5.14 Å². The van der Waals surface area contributed by atoms with Crippen LogP contribution in [0.15, 0.2) is 59.2 Å². The molecule has 0 aliphatic heterocycles. The Labute approximate surface area is 168 Å². The first-order valence-corrected chi connectivity index (χ1v) is 10.3. The van der Waals surface area contributed by atoms with Gasteiger partial charge in [-0.2, -0.15) is 8.78 Å². The third-order valence-electron chi connectivity index (χ3n) is 4.58. The van der Waals surface area contributed by atoms with Gasteiger partial charge in [0.15, 0.2) is 0 Å². The molecule has 0 amide bonds. The average Bonchev–Trinajstić information content (AvgIpc) is 3.09. The SMILES string of the molecule is CC1=CC(C)(c2nc(C(C)(F)F)cn2-c2ccc(S(N)(=O)=O)cc2)CC=C1.CF. The summed E-state index contributed by atoms with van der Waals surface area (Å²) in [4.78, 5) is 4.21. The molecule has 1 heterocycles. The molecular formula is C20H24F3N3O2S. The highest BCUT2D eigenvalue weighted by molar-refractivity contribution is 7.89. The number of aromatic nitrogens is 2. The van der Waals surface area contributed by atoms with Crippen LogP contribution in [0.2, 0.25) is 0 Å². The van der Waals surface area contributed by atoms with Crippen LogP contribution >= 0.6 is 0 Å². The molecule has 0 bridgehead atoms. The Hall–Kier alpha value is -2.39. The van der Waals surface area contributed by atoms with E-state index >= 15 is 0 Å². The zero-order valence-corrected chi connectivity index (χ0v) is 17.5. The highest BCUT2D eigenvalue weighted by atomic mass is 32.2. The molecule has 1 atom stereocenters. The Morgan fingerprint density at radius 1 is 1.21 bits per heavy atom. The Morgan fingerprint density at radius 3 is 2.28 bits per heavy atom. The number of primary sulfonamides is 1. The number of imidazole rings is 1. The van der Waals surface area contributed by atoms with Crippen LogP contribution in [-0.4, -0.2) is 25.1 Å². The van der Waals surface area contributed by atoms with E-state index in [9.17, 15) is 21.6 Å². The van der Waals surface area contributed by atoms with Crippen LogP contribution in [0, 0.1) is 0 Å². The van der Waals surface area contributed by atoms with Gasteiger partial charge < -0.3 is 4.57 Å². The molecule has 1 aromatic heterocycles. The standard InChI is InChI=1S/C19H21F2N3O2S.CH3F/c1-13-5-4-10-18(2,11-13)17-23-16(19(3,20)21)12-24(17)14-6-8-15(9-7-14)27(22,25)26;1-2/h4-9,11-12H,10H2,1-3H3,(H2,22,25,26);1H3. The minimum atomic E-state index is -3.83. The number of benzene rings is 1. The van der Waals surface area contributed by atoms with E-state index in [0.29, 0.717) is 25.1 Å². The number of allylic oxidation sites excluding steroid dienone is 4. The summed E-state index contributed by atoms with van der Waals surface area (Å²) < 4.78 is 61.9. The van der Waals surface area contributed by atoms with E-state index in [2.05, 4.69) is 4.98 Å². The molecule has 0 radical (unpaired) electrons. The third-order valence-corrected chi connectivity index (χ3v) is 5.51. The van der Waals surface area contributed by atoms with Crippen LogP contribution in [0.4, 0.5) is 13.2 Å². The third kappa shape index (κ3) is 4.97. The normalized spacial score (nSPS) is 19.4. The molecule has 1 aliphatic carbocycles. The first-order valence-electron chi connectivity index (χ1n) is 8.75. The fourth-order valence-corrected chi connectivity index (χ4v) is 3.76. The van der Waals surface area contributed by atoms with Crippen molar-refractivity contribution in [1.29, 1.82) is 0 Å². The molecule has 2 aromatic rings. The quantitative estimate of drug-likeness (QED) is 0.787. The van der Waals surface area contributed by atoms with Crippen molar-refractivity contribution in [3.8, 4) is 5.69 Å². The molecule has 1 aliphatic rings. The van der Waals surface area contributed by atoms with E-state index in [0.717, 1.165) is 12.5 Å². The van der Waals surface area contributed by atoms with Gasteiger partial charge in [-0.05, 0) is 44.5 Å². The van der Waals surface area contributed by atoms with Crippen molar-refractivity contribution in [2.24, 2.45) is 5.14 Å². The lowest BCUT2D eigenvalue weighted by atomic mass is 9.80. The van der Waals surface area contributed by atoms with E-state index in [1.165, 1.54) is 30.5 Å². The van der Waals surface area contributed by atoms with Crippen LogP contribution < -0.4 is 5.14 Å². The maximum atomic E-state index is 14.0. The summed E-state index contributed by atoms with van der Waals surface area (Å²) in [7, 11) is -3.33. The van der Waals surface area contributed by atoms with Crippen molar-refractivity contribution in [3.63, 3.8) is 0 Å². The summed E-state index contributed by atoms with van der Waals surface area (Å²) in [5.74, 6) is -2.63. The van der Waals surface area contributed by atoms with Gasteiger partial charge in [-0.25, -0.2) is 18.5 Å². The number of halogens is 3. The Kier molecular flexibility index (Phi) is 6.44. The van der Waals surface area contributed by atoms with E-state index in [1.807, 2.05) is 32.1 Å². The van der Waals surface area contributed by atoms with E-state index in [-0.39, 0.29) is 10.6 Å². The number of sulfonamides is 1. The molecule has 3 rings (SSSR count). The number of nitrogens with zero attached hydrogens (tertiary/aromatic N) is 2. The molecule has 5 nitrogen and oxygen atoms in total. The summed E-state index contributed by atoms with van der Waals surface area (Å²) in [5, 5.41) is 5.13. The van der Waals surface area contributed by atoms with Gasteiger partial charge in [0.05, 0.1) is 12.1 Å². The molecule has 0 spiro atoms. The molecule has 0 fully saturated rings. The number of rotatable bonds is 4. The summed E-state index contributed by atoms with van der Waals surface area (Å²) in [6.07, 6.45) is 7.88. The molecule has 158 valence electrons. The van der Waals surface area contributed by atoms with Crippen molar-refractivity contribution >= 4 is 10.0 Å². The summed E-state index contributed by atoms with van der Waals surface area (Å²) in [5.41, 5.74) is 0.644. The van der Waals surface area contributed by atoms with Crippen molar-refractivity contribution in [1.82, 2.24) is 9.55 Å². The second kappa shape index (κ2) is 8.16. The summed E-state index contributed by atoms with van der Waals surface area (Å²) in [6, 6.07) is 5.76. The minimum Gasteiger partial charge on any atom is -0.303 e. The van der Waals surface area contributed by atoms with E-state index < -0.39 is 21.4 Å². The van der Waals surface area contributed by atoms with Crippen LogP contribution in [0.25, 0.3) is 5.69 Å². The number of hydrogen-bond donors (Lipinski definition) is 1. The Bertz CT molecular complexity index is 1040. The van der Waals surface area contributed by atoms with Gasteiger partial charge in [0.2, 0.25) is 10.0 Å². The van der Waals surface area contributed by atoms with E-state index in [1.54, 1.807) is 4.57 Å². The van der Waals surface area contributed by atoms with Crippen LogP contribution in [0.1, 0.15) is 38.7 Å². The monoisotopic (exact) mass is 427 g/mol. The number of nitrogens with two attached hydrogens (primary N) is 1. The lowest BCUT2D eigenvalue weighted by Crippen LogP contribution is -2.25. The summed E-state index contributed by atoms with van der Waals surface area (Å²) >= 11 is 0. The summed E-state index contributed by atoms with van der Waals surface area (Å²) in [6.45, 7) is 4.68. The Morgan fingerprint density at radius 2 is 1.79 bits per heavy atom. The van der Waals surface area contributed by atoms with Gasteiger partial charge in [-0.15, -0.1) is 0 Å². The fourth-order valence-electron chi connectivity index (χ4n) is 3.24. The van der Waals surface area contributed by atoms with Gasteiger partial charge in [0.25, 0.3) is 5.92 Å². The Balaban J connectivity index is 0.00000145. The fraction of sp³-hybridized carbons (Fsp3) is 0.350. The molecule has 29 heavy (non-hydrogen) atoms. The van der Waals surface area contributed by atoms with Crippen molar-refractivity contribution in [3.05, 3.63) is 65.8 Å². The lowest BCUT2D eigenvalue weighted by molar-refractivity contribution is 0.0130. The second-order valence-corrected chi connectivity index (χ2v) is 8.72. The molecule has 1 aromatic carbocycles. The van der Waals surface area contributed by atoms with Gasteiger partial charge in [0, 0.05) is 24.2 Å². The maximum Gasteiger partial charge on any atom is 0.288 e. The zero-order chi connectivity index (χ0) is 22.0. The molecular weight excluding hydrogens is 403 g/mol. The molecule has 9 heteroatoms. The second-order valence-electron chi connectivity index (χ2n) is 7.16. The van der Waals surface area contributed by atoms with Gasteiger partial charge in [-0.1, -0.05) is 23.8 Å². The average molecular weight is 427 g/mol. The first-order chi connectivity index (χ1) is 13.4. The number of hydrogen-bond acceptors (Lipinski definition) is 3.